The third kappa shape index (κ3) is 1.36. The van der Waals surface area contributed by atoms with Crippen LogP contribution in [0.2, 0.25) is 0 Å². The highest BCUT2D eigenvalue weighted by molar-refractivity contribution is 5.26. The lowest BCUT2D eigenvalue weighted by Gasteiger charge is -2.67. The van der Waals surface area contributed by atoms with E-state index < -0.39 is 17.8 Å². The third-order valence-electron chi connectivity index (χ3n) is 7.94. The van der Waals surface area contributed by atoms with Crippen LogP contribution in [0, 0.1) is 17.3 Å². The van der Waals surface area contributed by atoms with Crippen LogP contribution in [-0.2, 0) is 4.74 Å². The number of hydrogen-bond acceptors (Lipinski definition) is 5. The van der Waals surface area contributed by atoms with Crippen LogP contribution in [0.25, 0.3) is 0 Å². The summed E-state index contributed by atoms with van der Waals surface area (Å²) in [6.07, 6.45) is 3.55. The maximum absolute atomic E-state index is 11.8. The molecule has 2 saturated heterocycles. The SMILES string of the molecule is CN1CC[C@]23C4C5CCC(O)C4O[C@H]2[C@@H](O)CC[C@@]3(O)[C@H]1C5. The number of likely N-dealkylation sites (N-methyl/N-ethyl adjacent to an activating group) is 1. The van der Waals surface area contributed by atoms with E-state index in [0.717, 1.165) is 32.2 Å². The summed E-state index contributed by atoms with van der Waals surface area (Å²) < 4.78 is 6.27. The van der Waals surface area contributed by atoms with Crippen molar-refractivity contribution in [2.24, 2.45) is 17.3 Å². The first-order valence-electron chi connectivity index (χ1n) is 8.93. The molecule has 5 rings (SSSR count). The van der Waals surface area contributed by atoms with Crippen LogP contribution in [-0.4, -0.2) is 69.9 Å². The van der Waals surface area contributed by atoms with Crippen LogP contribution in [0.15, 0.2) is 0 Å². The Labute approximate surface area is 131 Å². The van der Waals surface area contributed by atoms with Crippen LogP contribution in [0.1, 0.15) is 38.5 Å². The van der Waals surface area contributed by atoms with Gasteiger partial charge in [-0.3, -0.25) is 0 Å². The van der Waals surface area contributed by atoms with E-state index in [9.17, 15) is 15.3 Å². The second-order valence-electron chi connectivity index (χ2n) is 8.50. The van der Waals surface area contributed by atoms with Crippen LogP contribution < -0.4 is 0 Å². The van der Waals surface area contributed by atoms with Crippen molar-refractivity contribution in [2.75, 3.05) is 13.6 Å². The zero-order chi connectivity index (χ0) is 15.3. The molecule has 3 N–H and O–H groups in total. The van der Waals surface area contributed by atoms with Gasteiger partial charge in [0.15, 0.2) is 0 Å². The topological polar surface area (TPSA) is 73.2 Å². The fourth-order valence-corrected chi connectivity index (χ4v) is 7.14. The number of aliphatic hydroxyl groups excluding tert-OH is 2. The van der Waals surface area contributed by atoms with Crippen molar-refractivity contribution in [1.82, 2.24) is 4.90 Å². The highest BCUT2D eigenvalue weighted by Gasteiger charge is 2.77. The second-order valence-corrected chi connectivity index (χ2v) is 8.50. The summed E-state index contributed by atoms with van der Waals surface area (Å²) in [6, 6.07) is 0.176. The number of aliphatic hydroxyl groups is 3. The minimum Gasteiger partial charge on any atom is -0.390 e. The van der Waals surface area contributed by atoms with Crippen molar-refractivity contribution < 1.29 is 20.1 Å². The van der Waals surface area contributed by atoms with Crippen molar-refractivity contribution in [2.45, 2.75) is 74.6 Å². The summed E-state index contributed by atoms with van der Waals surface area (Å²) in [6.45, 7) is 0.950. The van der Waals surface area contributed by atoms with Crippen molar-refractivity contribution in [3.05, 3.63) is 0 Å². The summed E-state index contributed by atoms with van der Waals surface area (Å²) in [5, 5.41) is 32.8. The molecule has 3 aliphatic carbocycles. The monoisotopic (exact) mass is 309 g/mol. The number of rotatable bonds is 0. The van der Waals surface area contributed by atoms with Gasteiger partial charge >= 0.3 is 0 Å². The molecule has 5 nitrogen and oxygen atoms in total. The summed E-state index contributed by atoms with van der Waals surface area (Å²) in [5.41, 5.74) is -1.12. The summed E-state index contributed by atoms with van der Waals surface area (Å²) >= 11 is 0. The van der Waals surface area contributed by atoms with E-state index in [1.165, 1.54) is 0 Å². The smallest absolute Gasteiger partial charge is 0.0927 e. The van der Waals surface area contributed by atoms with Gasteiger partial charge in [0.2, 0.25) is 0 Å². The predicted molar refractivity (Wildman–Crippen MR) is 79.2 cm³/mol. The van der Waals surface area contributed by atoms with Crippen molar-refractivity contribution in [1.29, 1.82) is 0 Å². The van der Waals surface area contributed by atoms with Gasteiger partial charge in [-0.1, -0.05) is 0 Å². The Kier molecular flexibility index (Phi) is 2.74. The minimum atomic E-state index is -0.767. The van der Waals surface area contributed by atoms with Gasteiger partial charge in [0.25, 0.3) is 0 Å². The Balaban J connectivity index is 1.70. The van der Waals surface area contributed by atoms with Crippen molar-refractivity contribution >= 4 is 0 Å². The average molecular weight is 309 g/mol. The molecule has 0 aromatic rings. The van der Waals surface area contributed by atoms with Crippen LogP contribution in [0.3, 0.4) is 0 Å². The molecule has 9 atom stereocenters. The fraction of sp³-hybridized carbons (Fsp3) is 1.00. The van der Waals surface area contributed by atoms with E-state index in [1.807, 2.05) is 0 Å². The zero-order valence-electron chi connectivity index (χ0n) is 13.2. The number of piperidine rings is 1. The Morgan fingerprint density at radius 1 is 1.09 bits per heavy atom. The number of likely N-dealkylation sites (tertiary alicyclic amines) is 1. The van der Waals surface area contributed by atoms with Crippen LogP contribution in [0.4, 0.5) is 0 Å². The van der Waals surface area contributed by atoms with E-state index in [-0.39, 0.29) is 29.6 Å². The standard InChI is InChI=1S/C17H27NO4/c1-18-7-6-16-13-9-2-3-10(19)14(13)22-15(16)11(20)4-5-17(16,21)12(18)8-9/h9-15,19-21H,2-8H2,1H3/t9?,10?,11-,12+,13?,14?,15-,16-,17+/m0/s1. The first kappa shape index (κ1) is 14.2. The van der Waals surface area contributed by atoms with Gasteiger partial charge in [0, 0.05) is 17.4 Å². The Morgan fingerprint density at radius 2 is 1.91 bits per heavy atom. The molecule has 5 heteroatoms. The van der Waals surface area contributed by atoms with E-state index in [4.69, 9.17) is 4.74 Å². The first-order valence-corrected chi connectivity index (χ1v) is 8.93. The molecule has 0 aromatic heterocycles. The second kappa shape index (κ2) is 4.25. The largest absolute Gasteiger partial charge is 0.390 e. The molecular weight excluding hydrogens is 282 g/mol. The molecule has 1 spiro atoms. The molecule has 3 saturated carbocycles. The zero-order valence-corrected chi connectivity index (χ0v) is 13.2. The summed E-state index contributed by atoms with van der Waals surface area (Å²) in [4.78, 5) is 2.33. The molecule has 2 heterocycles. The molecule has 5 aliphatic rings. The Morgan fingerprint density at radius 3 is 2.73 bits per heavy atom. The van der Waals surface area contributed by atoms with E-state index in [1.54, 1.807) is 0 Å². The molecule has 0 radical (unpaired) electrons. The number of nitrogens with zero attached hydrogens (tertiary/aromatic N) is 1. The number of ether oxygens (including phenoxy) is 1. The molecule has 2 bridgehead atoms. The molecular formula is C17H27NO4. The van der Waals surface area contributed by atoms with Gasteiger partial charge in [0.1, 0.15) is 0 Å². The lowest BCUT2D eigenvalue weighted by molar-refractivity contribution is -0.268. The number of hydrogen-bond donors (Lipinski definition) is 3. The van der Waals surface area contributed by atoms with E-state index in [2.05, 4.69) is 11.9 Å². The highest BCUT2D eigenvalue weighted by atomic mass is 16.5. The summed E-state index contributed by atoms with van der Waals surface area (Å²) in [5.74, 6) is 0.725. The maximum atomic E-state index is 11.8. The fourth-order valence-electron chi connectivity index (χ4n) is 7.14. The normalized spacial score (nSPS) is 63.5. The van der Waals surface area contributed by atoms with Crippen molar-refractivity contribution in [3.63, 3.8) is 0 Å². The van der Waals surface area contributed by atoms with Crippen molar-refractivity contribution in [3.8, 4) is 0 Å². The van der Waals surface area contributed by atoms with Crippen LogP contribution >= 0.6 is 0 Å². The van der Waals surface area contributed by atoms with E-state index in [0.29, 0.717) is 18.8 Å². The third-order valence-corrected chi connectivity index (χ3v) is 7.94. The van der Waals surface area contributed by atoms with Gasteiger partial charge in [-0.15, -0.1) is 0 Å². The molecule has 2 aliphatic heterocycles. The quantitative estimate of drug-likeness (QED) is 0.593. The maximum Gasteiger partial charge on any atom is 0.0927 e. The average Bonchev–Trinajstić information content (AvgIpc) is 2.85. The van der Waals surface area contributed by atoms with Gasteiger partial charge in [-0.25, -0.2) is 0 Å². The molecule has 124 valence electrons. The molecule has 22 heavy (non-hydrogen) atoms. The predicted octanol–water partition coefficient (Wildman–Crippen LogP) is 0.121. The lowest BCUT2D eigenvalue weighted by Crippen LogP contribution is -2.77. The molecule has 0 amide bonds. The van der Waals surface area contributed by atoms with Gasteiger partial charge in [-0.2, -0.15) is 0 Å². The van der Waals surface area contributed by atoms with Crippen LogP contribution in [0.5, 0.6) is 0 Å². The van der Waals surface area contributed by atoms with Gasteiger partial charge in [-0.05, 0) is 58.0 Å². The Bertz CT molecular complexity index is 501. The lowest BCUT2D eigenvalue weighted by atomic mass is 9.42. The van der Waals surface area contributed by atoms with Gasteiger partial charge in [0.05, 0.1) is 30.0 Å². The molecule has 0 aromatic carbocycles. The first-order chi connectivity index (χ1) is 10.5. The Hall–Kier alpha value is -0.200. The van der Waals surface area contributed by atoms with E-state index >= 15 is 0 Å². The summed E-state index contributed by atoms with van der Waals surface area (Å²) in [7, 11) is 2.13. The molecule has 5 fully saturated rings. The highest BCUT2D eigenvalue weighted by Crippen LogP contribution is 2.69. The van der Waals surface area contributed by atoms with Gasteiger partial charge < -0.3 is 25.0 Å². The minimum absolute atomic E-state index is 0.176. The molecule has 4 unspecified atom stereocenters.